The van der Waals surface area contributed by atoms with Crippen LogP contribution in [0.25, 0.3) is 0 Å². The quantitative estimate of drug-likeness (QED) is 0.570. The number of aliphatic hydroxyl groups excluding tert-OH is 1. The summed E-state index contributed by atoms with van der Waals surface area (Å²) in [5, 5.41) is 17.9. The predicted octanol–water partition coefficient (Wildman–Crippen LogP) is 1.02. The van der Waals surface area contributed by atoms with Gasteiger partial charge in [0.1, 0.15) is 10.6 Å². The number of aromatic carboxylic acids is 1. The van der Waals surface area contributed by atoms with Gasteiger partial charge in [0.25, 0.3) is 0 Å². The molecule has 0 aliphatic heterocycles. The topological polar surface area (TPSA) is 119 Å². The summed E-state index contributed by atoms with van der Waals surface area (Å²) < 4.78 is 27.2. The van der Waals surface area contributed by atoms with E-state index in [0.29, 0.717) is 12.1 Å². The molecule has 4 N–H and O–H groups in total. The van der Waals surface area contributed by atoms with E-state index < -0.39 is 16.0 Å². The monoisotopic (exact) mass is 318 g/mol. The molecule has 120 valence electrons. The zero-order valence-corrected chi connectivity index (χ0v) is 13.2. The van der Waals surface area contributed by atoms with Crippen LogP contribution in [-0.4, -0.2) is 42.7 Å². The fraction of sp³-hybridized carbons (Fsp3) is 0.615. The van der Waals surface area contributed by atoms with Gasteiger partial charge in [-0.05, 0) is 26.2 Å². The molecular formula is C13H22N2O5S. The zero-order valence-electron chi connectivity index (χ0n) is 12.4. The van der Waals surface area contributed by atoms with Gasteiger partial charge >= 0.3 is 5.97 Å². The molecule has 1 unspecified atom stereocenters. The molecule has 0 radical (unpaired) electrons. The second-order valence-corrected chi connectivity index (χ2v) is 6.73. The molecule has 1 atom stereocenters. The number of nitrogens with one attached hydrogen (secondary N) is 2. The Kier molecular flexibility index (Phi) is 5.94. The number of sulfonamides is 1. The summed E-state index contributed by atoms with van der Waals surface area (Å²) in [4.78, 5) is 13.6. The number of hydrogen-bond donors (Lipinski definition) is 4. The normalized spacial score (nSPS) is 13.3. The summed E-state index contributed by atoms with van der Waals surface area (Å²) in [5.74, 6) is -1.15. The summed E-state index contributed by atoms with van der Waals surface area (Å²) in [5.41, 5.74) is 0.380. The smallest absolute Gasteiger partial charge is 0.352 e. The van der Waals surface area contributed by atoms with E-state index in [1.165, 1.54) is 13.8 Å². The van der Waals surface area contributed by atoms with Crippen LogP contribution in [0.5, 0.6) is 0 Å². The molecule has 1 aromatic rings. The molecule has 21 heavy (non-hydrogen) atoms. The highest BCUT2D eigenvalue weighted by Gasteiger charge is 2.26. The first-order valence-corrected chi connectivity index (χ1v) is 8.25. The van der Waals surface area contributed by atoms with Crippen LogP contribution in [0.3, 0.4) is 0 Å². The van der Waals surface area contributed by atoms with E-state index in [2.05, 4.69) is 9.71 Å². The first-order chi connectivity index (χ1) is 9.74. The van der Waals surface area contributed by atoms with Gasteiger partial charge in [-0.2, -0.15) is 0 Å². The Hall–Kier alpha value is -1.38. The van der Waals surface area contributed by atoms with Gasteiger partial charge < -0.3 is 15.2 Å². The number of carbonyl (C=O) groups is 1. The number of rotatable bonds is 8. The van der Waals surface area contributed by atoms with Gasteiger partial charge in [0, 0.05) is 24.4 Å². The van der Waals surface area contributed by atoms with Crippen molar-refractivity contribution in [1.82, 2.24) is 9.71 Å². The highest BCUT2D eigenvalue weighted by molar-refractivity contribution is 7.89. The molecule has 7 nitrogen and oxygen atoms in total. The van der Waals surface area contributed by atoms with Crippen molar-refractivity contribution in [1.29, 1.82) is 0 Å². The molecule has 0 amide bonds. The number of aryl methyl sites for hydroxylation is 1. The van der Waals surface area contributed by atoms with Crippen molar-refractivity contribution < 1.29 is 23.4 Å². The first-order valence-electron chi connectivity index (χ1n) is 6.77. The molecule has 0 saturated heterocycles. The maximum absolute atomic E-state index is 12.3. The van der Waals surface area contributed by atoms with Crippen LogP contribution in [0.4, 0.5) is 0 Å². The summed E-state index contributed by atoms with van der Waals surface area (Å²) in [6.07, 6.45) is 1.26. The van der Waals surface area contributed by atoms with Crippen molar-refractivity contribution >= 4 is 16.0 Å². The molecule has 0 aliphatic carbocycles. The molecule has 1 rings (SSSR count). The largest absolute Gasteiger partial charge is 0.477 e. The minimum Gasteiger partial charge on any atom is -0.477 e. The Morgan fingerprint density at radius 1 is 1.38 bits per heavy atom. The third-order valence-corrected chi connectivity index (χ3v) is 5.22. The molecule has 0 bridgehead atoms. The Morgan fingerprint density at radius 2 is 2.00 bits per heavy atom. The van der Waals surface area contributed by atoms with E-state index in [9.17, 15) is 13.2 Å². The maximum atomic E-state index is 12.3. The van der Waals surface area contributed by atoms with Gasteiger partial charge in [0.15, 0.2) is 0 Å². The average molecular weight is 318 g/mol. The molecular weight excluding hydrogens is 296 g/mol. The SMILES string of the molecule is CCC(CCO)CNS(=O)(=O)c1c(C)[nH]c(C(=O)O)c1C. The minimum absolute atomic E-state index is 0.00556. The Labute approximate surface area is 124 Å². The van der Waals surface area contributed by atoms with Crippen LogP contribution < -0.4 is 4.72 Å². The molecule has 0 aliphatic rings. The molecule has 8 heteroatoms. The Morgan fingerprint density at radius 3 is 2.43 bits per heavy atom. The number of aliphatic hydroxyl groups is 1. The fourth-order valence-corrected chi connectivity index (χ4v) is 3.84. The van der Waals surface area contributed by atoms with Crippen LogP contribution in [0.15, 0.2) is 4.90 Å². The van der Waals surface area contributed by atoms with Crippen LogP contribution >= 0.6 is 0 Å². The van der Waals surface area contributed by atoms with Gasteiger partial charge in [-0.25, -0.2) is 17.9 Å². The number of hydrogen-bond acceptors (Lipinski definition) is 4. The highest BCUT2D eigenvalue weighted by atomic mass is 32.2. The van der Waals surface area contributed by atoms with Gasteiger partial charge in [0.2, 0.25) is 10.0 Å². The van der Waals surface area contributed by atoms with E-state index in [4.69, 9.17) is 10.2 Å². The molecule has 0 fully saturated rings. The van der Waals surface area contributed by atoms with Gasteiger partial charge in [-0.1, -0.05) is 13.3 Å². The predicted molar refractivity (Wildman–Crippen MR) is 77.9 cm³/mol. The molecule has 0 saturated carbocycles. The van der Waals surface area contributed by atoms with Crippen LogP contribution in [-0.2, 0) is 10.0 Å². The molecule has 1 aromatic heterocycles. The number of carboxylic acids is 1. The van der Waals surface area contributed by atoms with Crippen molar-refractivity contribution in [2.24, 2.45) is 5.92 Å². The van der Waals surface area contributed by atoms with Crippen molar-refractivity contribution in [3.05, 3.63) is 17.0 Å². The lowest BCUT2D eigenvalue weighted by atomic mass is 10.0. The number of H-pyrrole nitrogens is 1. The second kappa shape index (κ2) is 7.06. The zero-order chi connectivity index (χ0) is 16.2. The minimum atomic E-state index is -3.78. The van der Waals surface area contributed by atoms with E-state index in [-0.39, 0.29) is 35.2 Å². The van der Waals surface area contributed by atoms with Crippen LogP contribution in [0, 0.1) is 19.8 Å². The van der Waals surface area contributed by atoms with Gasteiger partial charge in [0.05, 0.1) is 0 Å². The van der Waals surface area contributed by atoms with E-state index >= 15 is 0 Å². The number of carboxylic acid groups (broad SMARTS) is 1. The highest BCUT2D eigenvalue weighted by Crippen LogP contribution is 2.23. The molecule has 1 heterocycles. The van der Waals surface area contributed by atoms with Crippen molar-refractivity contribution in [3.8, 4) is 0 Å². The first kappa shape index (κ1) is 17.7. The summed E-state index contributed by atoms with van der Waals surface area (Å²) in [7, 11) is -3.78. The Bertz CT molecular complexity index is 606. The molecule has 0 spiro atoms. The fourth-order valence-electron chi connectivity index (χ4n) is 2.28. The van der Waals surface area contributed by atoms with Crippen molar-refractivity contribution in [2.45, 2.75) is 38.5 Å². The van der Waals surface area contributed by atoms with E-state index in [0.717, 1.165) is 6.42 Å². The van der Waals surface area contributed by atoms with Crippen molar-refractivity contribution in [2.75, 3.05) is 13.2 Å². The number of aromatic nitrogens is 1. The third-order valence-electron chi connectivity index (χ3n) is 3.53. The number of aromatic amines is 1. The lowest BCUT2D eigenvalue weighted by Gasteiger charge is -2.15. The summed E-state index contributed by atoms with van der Waals surface area (Å²) in [6.45, 7) is 5.13. The van der Waals surface area contributed by atoms with Gasteiger partial charge in [-0.3, -0.25) is 0 Å². The third kappa shape index (κ3) is 4.05. The summed E-state index contributed by atoms with van der Waals surface area (Å²) >= 11 is 0. The lowest BCUT2D eigenvalue weighted by Crippen LogP contribution is -2.30. The van der Waals surface area contributed by atoms with Gasteiger partial charge in [-0.15, -0.1) is 0 Å². The van der Waals surface area contributed by atoms with Crippen molar-refractivity contribution in [3.63, 3.8) is 0 Å². The van der Waals surface area contributed by atoms with Crippen LogP contribution in [0.2, 0.25) is 0 Å². The Balaban J connectivity index is 3.01. The standard InChI is InChI=1S/C13H22N2O5S/c1-4-10(5-6-16)7-14-21(19,20)12-8(2)11(13(17)18)15-9(12)3/h10,14-16H,4-7H2,1-3H3,(H,17,18). The van der Waals surface area contributed by atoms with E-state index in [1.807, 2.05) is 6.92 Å². The average Bonchev–Trinajstić information content (AvgIpc) is 2.70. The second-order valence-electron chi connectivity index (χ2n) is 5.02. The maximum Gasteiger partial charge on any atom is 0.352 e. The summed E-state index contributed by atoms with van der Waals surface area (Å²) in [6, 6.07) is 0. The van der Waals surface area contributed by atoms with E-state index in [1.54, 1.807) is 0 Å². The van der Waals surface area contributed by atoms with Crippen LogP contribution in [0.1, 0.15) is 41.5 Å². The lowest BCUT2D eigenvalue weighted by molar-refractivity contribution is 0.0690. The molecule has 0 aromatic carbocycles.